The maximum absolute atomic E-state index is 4.74. The molecule has 0 aliphatic carbocycles. The molecule has 0 amide bonds. The topological polar surface area (TPSA) is 39.7 Å². The molecule has 0 radical (unpaired) electrons. The molecule has 0 heterocycles. The van der Waals surface area contributed by atoms with E-state index in [9.17, 15) is 0 Å². The fraction of sp³-hybridized carbons (Fsp3) is 0.588. The van der Waals surface area contributed by atoms with Crippen molar-refractivity contribution in [1.82, 2.24) is 15.5 Å². The smallest absolute Gasteiger partial charge is 0.191 e. The second kappa shape index (κ2) is 10.2. The standard InChI is InChI=1S/C17H30N4/c1-5-7-13-19-17(18-6-2)20-14-16(21(3)4)15-11-9-8-10-12-15/h8-12,16H,5-7,13-14H2,1-4H3,(H2,18,19,20). The summed E-state index contributed by atoms with van der Waals surface area (Å²) in [6.45, 7) is 6.90. The third-order valence-corrected chi connectivity index (χ3v) is 3.40. The molecule has 4 heteroatoms. The number of nitrogens with one attached hydrogen (secondary N) is 2. The van der Waals surface area contributed by atoms with Gasteiger partial charge in [-0.1, -0.05) is 43.7 Å². The maximum Gasteiger partial charge on any atom is 0.191 e. The zero-order valence-corrected chi connectivity index (χ0v) is 13.9. The van der Waals surface area contributed by atoms with Gasteiger partial charge in [-0.25, -0.2) is 0 Å². The number of nitrogens with zero attached hydrogens (tertiary/aromatic N) is 2. The van der Waals surface area contributed by atoms with Crippen LogP contribution in [0.3, 0.4) is 0 Å². The van der Waals surface area contributed by atoms with Crippen molar-refractivity contribution in [2.45, 2.75) is 32.7 Å². The van der Waals surface area contributed by atoms with Crippen LogP contribution in [0.25, 0.3) is 0 Å². The molecule has 0 aliphatic heterocycles. The van der Waals surface area contributed by atoms with Crippen molar-refractivity contribution in [2.24, 2.45) is 4.99 Å². The van der Waals surface area contributed by atoms with E-state index < -0.39 is 0 Å². The molecule has 0 spiro atoms. The number of guanidine groups is 1. The Morgan fingerprint density at radius 3 is 2.43 bits per heavy atom. The maximum atomic E-state index is 4.74. The average Bonchev–Trinajstić information content (AvgIpc) is 2.48. The second-order valence-corrected chi connectivity index (χ2v) is 5.39. The molecule has 21 heavy (non-hydrogen) atoms. The summed E-state index contributed by atoms with van der Waals surface area (Å²) >= 11 is 0. The molecule has 0 saturated carbocycles. The van der Waals surface area contributed by atoms with Gasteiger partial charge in [-0.05, 0) is 33.0 Å². The van der Waals surface area contributed by atoms with Crippen LogP contribution in [0, 0.1) is 0 Å². The minimum atomic E-state index is 0.299. The first-order chi connectivity index (χ1) is 10.2. The average molecular weight is 290 g/mol. The Morgan fingerprint density at radius 1 is 1.14 bits per heavy atom. The number of hydrogen-bond donors (Lipinski definition) is 2. The summed E-state index contributed by atoms with van der Waals surface area (Å²) in [5, 5.41) is 6.70. The Kier molecular flexibility index (Phi) is 8.51. The summed E-state index contributed by atoms with van der Waals surface area (Å²) in [7, 11) is 4.20. The zero-order chi connectivity index (χ0) is 15.5. The number of unbranched alkanes of at least 4 members (excludes halogenated alkanes) is 1. The quantitative estimate of drug-likeness (QED) is 0.439. The monoisotopic (exact) mass is 290 g/mol. The molecule has 1 rings (SSSR count). The van der Waals surface area contributed by atoms with E-state index in [1.807, 2.05) is 0 Å². The van der Waals surface area contributed by atoms with Crippen molar-refractivity contribution < 1.29 is 0 Å². The number of aliphatic imine (C=N–C) groups is 1. The van der Waals surface area contributed by atoms with E-state index in [0.29, 0.717) is 6.04 Å². The minimum absolute atomic E-state index is 0.299. The van der Waals surface area contributed by atoms with E-state index in [0.717, 1.165) is 25.6 Å². The molecule has 4 nitrogen and oxygen atoms in total. The van der Waals surface area contributed by atoms with Crippen molar-refractivity contribution in [3.05, 3.63) is 35.9 Å². The van der Waals surface area contributed by atoms with Gasteiger partial charge < -0.3 is 15.5 Å². The van der Waals surface area contributed by atoms with E-state index >= 15 is 0 Å². The van der Waals surface area contributed by atoms with Crippen LogP contribution in [0.1, 0.15) is 38.3 Å². The minimum Gasteiger partial charge on any atom is -0.357 e. The van der Waals surface area contributed by atoms with Crippen LogP contribution >= 0.6 is 0 Å². The van der Waals surface area contributed by atoms with E-state index in [-0.39, 0.29) is 0 Å². The lowest BCUT2D eigenvalue weighted by atomic mass is 10.1. The van der Waals surface area contributed by atoms with Crippen molar-refractivity contribution >= 4 is 5.96 Å². The Balaban J connectivity index is 2.69. The molecule has 1 atom stereocenters. The summed E-state index contributed by atoms with van der Waals surface area (Å²) in [5.41, 5.74) is 1.30. The molecule has 2 N–H and O–H groups in total. The van der Waals surface area contributed by atoms with Gasteiger partial charge in [-0.15, -0.1) is 0 Å². The van der Waals surface area contributed by atoms with Gasteiger partial charge in [0.2, 0.25) is 0 Å². The lowest BCUT2D eigenvalue weighted by Crippen LogP contribution is -2.38. The first-order valence-corrected chi connectivity index (χ1v) is 7.92. The molecule has 1 aromatic rings. The second-order valence-electron chi connectivity index (χ2n) is 5.39. The Hall–Kier alpha value is -1.55. The predicted molar refractivity (Wildman–Crippen MR) is 91.8 cm³/mol. The first-order valence-electron chi connectivity index (χ1n) is 7.92. The number of rotatable bonds is 8. The highest BCUT2D eigenvalue weighted by molar-refractivity contribution is 5.79. The third-order valence-electron chi connectivity index (χ3n) is 3.40. The van der Waals surface area contributed by atoms with Crippen molar-refractivity contribution in [2.75, 3.05) is 33.7 Å². The Bertz CT molecular complexity index is 401. The number of hydrogen-bond acceptors (Lipinski definition) is 2. The van der Waals surface area contributed by atoms with Crippen molar-refractivity contribution in [3.8, 4) is 0 Å². The fourth-order valence-electron chi connectivity index (χ4n) is 2.15. The largest absolute Gasteiger partial charge is 0.357 e. The van der Waals surface area contributed by atoms with Crippen LogP contribution in [0.5, 0.6) is 0 Å². The van der Waals surface area contributed by atoms with E-state index in [1.54, 1.807) is 0 Å². The molecule has 118 valence electrons. The zero-order valence-electron chi connectivity index (χ0n) is 13.9. The van der Waals surface area contributed by atoms with E-state index in [2.05, 4.69) is 73.8 Å². The molecular formula is C17H30N4. The SMILES string of the molecule is CCCCNC(=NCC(c1ccccc1)N(C)C)NCC. The molecule has 1 unspecified atom stereocenters. The van der Waals surface area contributed by atoms with Gasteiger partial charge >= 0.3 is 0 Å². The van der Waals surface area contributed by atoms with E-state index in [1.165, 1.54) is 18.4 Å². The van der Waals surface area contributed by atoms with Crippen LogP contribution in [-0.2, 0) is 0 Å². The molecule has 0 aliphatic rings. The van der Waals surface area contributed by atoms with Gasteiger partial charge in [0.1, 0.15) is 0 Å². The number of benzene rings is 1. The van der Waals surface area contributed by atoms with Crippen LogP contribution in [0.15, 0.2) is 35.3 Å². The molecule has 0 aromatic heterocycles. The molecular weight excluding hydrogens is 260 g/mol. The first kappa shape index (κ1) is 17.5. The van der Waals surface area contributed by atoms with Gasteiger partial charge in [0.15, 0.2) is 5.96 Å². The van der Waals surface area contributed by atoms with Crippen LogP contribution < -0.4 is 10.6 Å². The van der Waals surface area contributed by atoms with Crippen LogP contribution in [0.2, 0.25) is 0 Å². The molecule has 0 fully saturated rings. The summed E-state index contributed by atoms with van der Waals surface area (Å²) in [4.78, 5) is 6.95. The Morgan fingerprint density at radius 2 is 1.86 bits per heavy atom. The number of likely N-dealkylation sites (N-methyl/N-ethyl adjacent to an activating group) is 1. The summed E-state index contributed by atoms with van der Waals surface area (Å²) in [5.74, 6) is 0.911. The van der Waals surface area contributed by atoms with Gasteiger partial charge in [-0.3, -0.25) is 4.99 Å². The highest BCUT2D eigenvalue weighted by Gasteiger charge is 2.13. The normalized spacial score (nSPS) is 13.3. The van der Waals surface area contributed by atoms with Gasteiger partial charge in [-0.2, -0.15) is 0 Å². The lowest BCUT2D eigenvalue weighted by Gasteiger charge is -2.23. The Labute approximate surface area is 129 Å². The molecule has 1 aromatic carbocycles. The molecule has 0 saturated heterocycles. The van der Waals surface area contributed by atoms with Gasteiger partial charge in [0, 0.05) is 13.1 Å². The summed E-state index contributed by atoms with van der Waals surface area (Å²) in [6, 6.07) is 10.8. The van der Waals surface area contributed by atoms with Crippen molar-refractivity contribution in [1.29, 1.82) is 0 Å². The predicted octanol–water partition coefficient (Wildman–Crippen LogP) is 2.64. The van der Waals surface area contributed by atoms with Gasteiger partial charge in [0.05, 0.1) is 12.6 Å². The van der Waals surface area contributed by atoms with Gasteiger partial charge in [0.25, 0.3) is 0 Å². The van der Waals surface area contributed by atoms with Crippen molar-refractivity contribution in [3.63, 3.8) is 0 Å². The third kappa shape index (κ3) is 6.63. The summed E-state index contributed by atoms with van der Waals surface area (Å²) < 4.78 is 0. The summed E-state index contributed by atoms with van der Waals surface area (Å²) in [6.07, 6.45) is 2.36. The van der Waals surface area contributed by atoms with E-state index in [4.69, 9.17) is 4.99 Å². The fourth-order valence-corrected chi connectivity index (χ4v) is 2.15. The highest BCUT2D eigenvalue weighted by Crippen LogP contribution is 2.17. The highest BCUT2D eigenvalue weighted by atomic mass is 15.2. The van der Waals surface area contributed by atoms with Crippen LogP contribution in [0.4, 0.5) is 0 Å². The molecule has 0 bridgehead atoms. The van der Waals surface area contributed by atoms with Crippen LogP contribution in [-0.4, -0.2) is 44.6 Å². The lowest BCUT2D eigenvalue weighted by molar-refractivity contribution is 0.306.